The first kappa shape index (κ1) is 12.0. The van der Waals surface area contributed by atoms with Gasteiger partial charge in [-0.2, -0.15) is 0 Å². The minimum Gasteiger partial charge on any atom is -0.353 e. The summed E-state index contributed by atoms with van der Waals surface area (Å²) in [5.41, 5.74) is 0. The molecular weight excluding hydrogens is 338 g/mol. The van der Waals surface area contributed by atoms with Crippen molar-refractivity contribution in [3.63, 3.8) is 0 Å². The van der Waals surface area contributed by atoms with Gasteiger partial charge < -0.3 is 4.84 Å². The molecule has 1 aromatic carbocycles. The fourth-order valence-electron chi connectivity index (χ4n) is 1.28. The normalized spacial score (nSPS) is 19.2. The molecule has 0 bridgehead atoms. The molecule has 1 unspecified atom stereocenters. The van der Waals surface area contributed by atoms with E-state index >= 15 is 0 Å². The maximum absolute atomic E-state index is 5.57. The van der Waals surface area contributed by atoms with Gasteiger partial charge in [0.2, 0.25) is 0 Å². The molecule has 1 aromatic rings. The summed E-state index contributed by atoms with van der Waals surface area (Å²) in [6, 6.07) is 5.73. The van der Waals surface area contributed by atoms with Crippen molar-refractivity contribution in [3.8, 4) is 5.75 Å². The first-order valence-electron chi connectivity index (χ1n) is 4.96. The summed E-state index contributed by atoms with van der Waals surface area (Å²) in [5.74, 6) is 0.704. The quantitative estimate of drug-likeness (QED) is 0.822. The highest BCUT2D eigenvalue weighted by Crippen LogP contribution is 2.30. The van der Waals surface area contributed by atoms with E-state index in [9.17, 15) is 0 Å². The number of hydrogen-bond acceptors (Lipinski definition) is 3. The van der Waals surface area contributed by atoms with Crippen molar-refractivity contribution in [1.29, 1.82) is 0 Å². The first-order valence-corrected chi connectivity index (χ1v) is 6.55. The molecule has 86 valence electrons. The Kier molecular flexibility index (Phi) is 3.89. The fourth-order valence-corrected chi connectivity index (χ4v) is 1.94. The number of benzene rings is 1. The molecule has 1 heterocycles. The van der Waals surface area contributed by atoms with Crippen molar-refractivity contribution in [2.24, 2.45) is 0 Å². The average molecular weight is 349 g/mol. The molecule has 0 saturated heterocycles. The van der Waals surface area contributed by atoms with Crippen LogP contribution in [0.15, 0.2) is 39.4 Å². The van der Waals surface area contributed by atoms with Crippen LogP contribution in [-0.4, -0.2) is 11.3 Å². The van der Waals surface area contributed by atoms with E-state index < -0.39 is 0 Å². The number of halogens is 2. The molecule has 0 N–H and O–H groups in total. The van der Waals surface area contributed by atoms with Gasteiger partial charge >= 0.3 is 0 Å². The van der Waals surface area contributed by atoms with Gasteiger partial charge in [-0.3, -0.25) is 0 Å². The number of rotatable bonds is 3. The first-order chi connectivity index (χ1) is 7.69. The van der Waals surface area contributed by atoms with Crippen molar-refractivity contribution in [1.82, 2.24) is 5.23 Å². The van der Waals surface area contributed by atoms with E-state index in [1.165, 1.54) is 5.23 Å². The zero-order valence-corrected chi connectivity index (χ0v) is 11.9. The van der Waals surface area contributed by atoms with Crippen LogP contribution in [0.25, 0.3) is 0 Å². The topological polar surface area (TPSA) is 21.7 Å². The molecule has 16 heavy (non-hydrogen) atoms. The highest BCUT2D eigenvalue weighted by Gasteiger charge is 2.17. The number of hydroxylamine groups is 2. The third-order valence-corrected chi connectivity index (χ3v) is 3.29. The van der Waals surface area contributed by atoms with Gasteiger partial charge in [-0.05, 0) is 46.6 Å². The summed E-state index contributed by atoms with van der Waals surface area (Å²) in [7, 11) is 0. The van der Waals surface area contributed by atoms with Crippen LogP contribution in [0.3, 0.4) is 0 Å². The molecule has 3 nitrogen and oxygen atoms in total. The summed E-state index contributed by atoms with van der Waals surface area (Å²) >= 11 is 6.81. The molecular formula is C11H11Br2NO2. The summed E-state index contributed by atoms with van der Waals surface area (Å²) < 4.78 is 1.84. The van der Waals surface area contributed by atoms with E-state index in [-0.39, 0.29) is 6.10 Å². The van der Waals surface area contributed by atoms with E-state index in [0.29, 0.717) is 5.75 Å². The minimum atomic E-state index is 0.103. The van der Waals surface area contributed by atoms with Gasteiger partial charge in [-0.25, -0.2) is 4.84 Å². The second kappa shape index (κ2) is 5.21. The third-order valence-electron chi connectivity index (χ3n) is 2.15. The van der Waals surface area contributed by atoms with Crippen molar-refractivity contribution < 1.29 is 9.68 Å². The maximum atomic E-state index is 5.57. The average Bonchev–Trinajstić information content (AvgIpc) is 2.71. The molecule has 0 radical (unpaired) electrons. The van der Waals surface area contributed by atoms with E-state index in [2.05, 4.69) is 38.8 Å². The summed E-state index contributed by atoms with van der Waals surface area (Å²) in [6.45, 7) is 2.06. The summed E-state index contributed by atoms with van der Waals surface area (Å²) in [5, 5.41) is 1.38. The summed E-state index contributed by atoms with van der Waals surface area (Å²) in [6.07, 6.45) is 4.77. The molecule has 2 rings (SSSR count). The molecule has 0 fully saturated rings. The predicted molar refractivity (Wildman–Crippen MR) is 68.6 cm³/mol. The van der Waals surface area contributed by atoms with Gasteiger partial charge in [0, 0.05) is 4.47 Å². The van der Waals surface area contributed by atoms with Crippen LogP contribution < -0.4 is 4.84 Å². The molecule has 1 aliphatic rings. The Morgan fingerprint density at radius 1 is 1.44 bits per heavy atom. The van der Waals surface area contributed by atoms with E-state index in [1.54, 1.807) is 6.20 Å². The van der Waals surface area contributed by atoms with Crippen molar-refractivity contribution in [2.75, 3.05) is 0 Å². The van der Waals surface area contributed by atoms with Crippen LogP contribution in [0.5, 0.6) is 5.75 Å². The van der Waals surface area contributed by atoms with Gasteiger partial charge in [0.1, 0.15) is 6.10 Å². The van der Waals surface area contributed by atoms with Crippen LogP contribution in [0.2, 0.25) is 0 Å². The molecule has 0 amide bonds. The Labute approximate surface area is 111 Å². The Hall–Kier alpha value is -0.520. The number of nitrogens with zero attached hydrogens (tertiary/aromatic N) is 1. The van der Waals surface area contributed by atoms with Crippen molar-refractivity contribution in [3.05, 3.63) is 39.4 Å². The van der Waals surface area contributed by atoms with Gasteiger partial charge in [-0.15, -0.1) is 0 Å². The van der Waals surface area contributed by atoms with Crippen LogP contribution in [-0.2, 0) is 4.84 Å². The lowest BCUT2D eigenvalue weighted by Crippen LogP contribution is -2.21. The van der Waals surface area contributed by atoms with Gasteiger partial charge in [0.25, 0.3) is 0 Å². The molecule has 5 heteroatoms. The lowest BCUT2D eigenvalue weighted by Gasteiger charge is -2.18. The smallest absolute Gasteiger partial charge is 0.173 e. The maximum Gasteiger partial charge on any atom is 0.173 e. The zero-order valence-electron chi connectivity index (χ0n) is 8.69. The van der Waals surface area contributed by atoms with Crippen LogP contribution in [0, 0.1) is 0 Å². The highest BCUT2D eigenvalue weighted by atomic mass is 79.9. The summed E-state index contributed by atoms with van der Waals surface area (Å²) in [4.78, 5) is 11.0. The Bertz CT molecular complexity index is 409. The highest BCUT2D eigenvalue weighted by molar-refractivity contribution is 9.11. The van der Waals surface area contributed by atoms with E-state index in [4.69, 9.17) is 9.68 Å². The van der Waals surface area contributed by atoms with Gasteiger partial charge in [0.05, 0.1) is 10.7 Å². The molecule has 0 aliphatic carbocycles. The van der Waals surface area contributed by atoms with Crippen molar-refractivity contribution in [2.45, 2.75) is 19.4 Å². The standard InChI is InChI=1S/C11H11Br2NO2/c1-2-9-5-6-14(15-9)16-11-7-8(12)3-4-10(11)13/h3-7,9H,2H2,1H3. The Morgan fingerprint density at radius 3 is 2.94 bits per heavy atom. The molecule has 0 spiro atoms. The fraction of sp³-hybridized carbons (Fsp3) is 0.273. The molecule has 0 saturated carbocycles. The largest absolute Gasteiger partial charge is 0.353 e. The molecule has 1 aliphatic heterocycles. The van der Waals surface area contributed by atoms with Crippen LogP contribution in [0.1, 0.15) is 13.3 Å². The second-order valence-electron chi connectivity index (χ2n) is 3.35. The zero-order chi connectivity index (χ0) is 11.5. The molecule has 0 aromatic heterocycles. The van der Waals surface area contributed by atoms with Crippen LogP contribution >= 0.6 is 31.9 Å². The minimum absolute atomic E-state index is 0.103. The lowest BCUT2D eigenvalue weighted by molar-refractivity contribution is -0.284. The van der Waals surface area contributed by atoms with Crippen molar-refractivity contribution >= 4 is 31.9 Å². The second-order valence-corrected chi connectivity index (χ2v) is 5.12. The molecule has 1 atom stereocenters. The van der Waals surface area contributed by atoms with Crippen LogP contribution in [0.4, 0.5) is 0 Å². The number of hydrogen-bond donors (Lipinski definition) is 0. The lowest BCUT2D eigenvalue weighted by atomic mass is 10.3. The Morgan fingerprint density at radius 2 is 2.25 bits per heavy atom. The van der Waals surface area contributed by atoms with E-state index in [1.807, 2.05) is 24.3 Å². The van der Waals surface area contributed by atoms with Gasteiger partial charge in [-0.1, -0.05) is 28.1 Å². The predicted octanol–water partition coefficient (Wildman–Crippen LogP) is 4.04. The Balaban J connectivity index is 2.05. The van der Waals surface area contributed by atoms with E-state index in [0.717, 1.165) is 15.4 Å². The third kappa shape index (κ3) is 2.78. The SMILES string of the molecule is CCC1C=CN(Oc2cc(Br)ccc2Br)O1. The van der Waals surface area contributed by atoms with Gasteiger partial charge in [0.15, 0.2) is 5.75 Å². The monoisotopic (exact) mass is 347 g/mol.